The number of aromatic nitrogens is 2. The Morgan fingerprint density at radius 2 is 2.06 bits per heavy atom. The number of nitrogens with one attached hydrogen (secondary N) is 1. The van der Waals surface area contributed by atoms with E-state index in [0.29, 0.717) is 0 Å². The average molecular weight is 249 g/mol. The van der Waals surface area contributed by atoms with E-state index in [4.69, 9.17) is 0 Å². The number of allylic oxidation sites excluding steroid dienone is 1. The second kappa shape index (κ2) is 8.09. The summed E-state index contributed by atoms with van der Waals surface area (Å²) in [6.45, 7) is 10.1. The van der Waals surface area contributed by atoms with Crippen LogP contribution < -0.4 is 5.32 Å². The molecule has 0 bridgehead atoms. The van der Waals surface area contributed by atoms with E-state index in [1.165, 1.54) is 36.2 Å². The van der Waals surface area contributed by atoms with Gasteiger partial charge in [0.1, 0.15) is 0 Å². The number of hydrogen-bond donors (Lipinski definition) is 1. The zero-order chi connectivity index (χ0) is 13.4. The van der Waals surface area contributed by atoms with Crippen LogP contribution in [0.2, 0.25) is 0 Å². The molecule has 3 heteroatoms. The SMILES string of the molecule is C=CCCCCCn1nc(C)c(CCNC)c1C. The first kappa shape index (κ1) is 15.0. The minimum absolute atomic E-state index is 1.02. The van der Waals surface area contributed by atoms with E-state index in [0.717, 1.165) is 25.9 Å². The molecule has 1 rings (SSSR count). The zero-order valence-corrected chi connectivity index (χ0v) is 12.1. The molecule has 0 radical (unpaired) electrons. The third kappa shape index (κ3) is 4.30. The maximum absolute atomic E-state index is 4.65. The maximum atomic E-state index is 4.65. The third-order valence-corrected chi connectivity index (χ3v) is 3.43. The minimum Gasteiger partial charge on any atom is -0.319 e. The number of nitrogens with zero attached hydrogens (tertiary/aromatic N) is 2. The summed E-state index contributed by atoms with van der Waals surface area (Å²) < 4.78 is 2.17. The van der Waals surface area contributed by atoms with Crippen LogP contribution in [0.5, 0.6) is 0 Å². The van der Waals surface area contributed by atoms with Gasteiger partial charge in [0.15, 0.2) is 0 Å². The summed E-state index contributed by atoms with van der Waals surface area (Å²) in [7, 11) is 1.99. The summed E-state index contributed by atoms with van der Waals surface area (Å²) in [4.78, 5) is 0. The van der Waals surface area contributed by atoms with Crippen LogP contribution in [-0.2, 0) is 13.0 Å². The lowest BCUT2D eigenvalue weighted by Crippen LogP contribution is -2.11. The molecule has 0 aliphatic carbocycles. The fraction of sp³-hybridized carbons (Fsp3) is 0.667. The van der Waals surface area contributed by atoms with Crippen LogP contribution in [0.1, 0.15) is 42.6 Å². The van der Waals surface area contributed by atoms with Crippen molar-refractivity contribution >= 4 is 0 Å². The van der Waals surface area contributed by atoms with Crippen molar-refractivity contribution in [2.75, 3.05) is 13.6 Å². The molecule has 0 spiro atoms. The van der Waals surface area contributed by atoms with E-state index in [-0.39, 0.29) is 0 Å². The highest BCUT2D eigenvalue weighted by atomic mass is 15.3. The lowest BCUT2D eigenvalue weighted by molar-refractivity contribution is 0.533. The molecule has 1 aromatic heterocycles. The van der Waals surface area contributed by atoms with Gasteiger partial charge in [-0.15, -0.1) is 6.58 Å². The molecular formula is C15H27N3. The van der Waals surface area contributed by atoms with Crippen LogP contribution >= 0.6 is 0 Å². The zero-order valence-electron chi connectivity index (χ0n) is 12.1. The predicted molar refractivity (Wildman–Crippen MR) is 78.0 cm³/mol. The maximum Gasteiger partial charge on any atom is 0.0628 e. The summed E-state index contributed by atoms with van der Waals surface area (Å²) in [6.07, 6.45) is 7.92. The Kier molecular flexibility index (Phi) is 6.73. The highest BCUT2D eigenvalue weighted by Gasteiger charge is 2.10. The van der Waals surface area contributed by atoms with Crippen LogP contribution in [0, 0.1) is 13.8 Å². The highest BCUT2D eigenvalue weighted by Crippen LogP contribution is 2.14. The summed E-state index contributed by atoms with van der Waals surface area (Å²) in [5.74, 6) is 0. The van der Waals surface area contributed by atoms with Crippen molar-refractivity contribution < 1.29 is 0 Å². The van der Waals surface area contributed by atoms with Crippen molar-refractivity contribution in [1.29, 1.82) is 0 Å². The standard InChI is InChI=1S/C15H27N3/c1-5-6-7-8-9-12-18-14(3)15(10-11-16-4)13(2)17-18/h5,16H,1,6-12H2,2-4H3. The van der Waals surface area contributed by atoms with Gasteiger partial charge in [0.05, 0.1) is 5.69 Å². The average Bonchev–Trinajstić information content (AvgIpc) is 2.62. The van der Waals surface area contributed by atoms with Gasteiger partial charge >= 0.3 is 0 Å². The van der Waals surface area contributed by atoms with Crippen molar-refractivity contribution in [3.8, 4) is 0 Å². The van der Waals surface area contributed by atoms with Crippen molar-refractivity contribution in [2.24, 2.45) is 0 Å². The van der Waals surface area contributed by atoms with E-state index in [9.17, 15) is 0 Å². The highest BCUT2D eigenvalue weighted by molar-refractivity contribution is 5.24. The summed E-state index contributed by atoms with van der Waals surface area (Å²) in [5.41, 5.74) is 3.94. The topological polar surface area (TPSA) is 29.9 Å². The lowest BCUT2D eigenvalue weighted by Gasteiger charge is -2.05. The molecule has 0 saturated heterocycles. The van der Waals surface area contributed by atoms with Gasteiger partial charge in [-0.2, -0.15) is 5.10 Å². The molecule has 1 aromatic rings. The quantitative estimate of drug-likeness (QED) is 0.538. The molecule has 1 heterocycles. The van der Waals surface area contributed by atoms with E-state index < -0.39 is 0 Å². The molecule has 0 aromatic carbocycles. The number of unbranched alkanes of at least 4 members (excludes halogenated alkanes) is 3. The molecule has 0 fully saturated rings. The van der Waals surface area contributed by atoms with Crippen molar-refractivity contribution in [2.45, 2.75) is 52.5 Å². The molecule has 18 heavy (non-hydrogen) atoms. The Labute approximate surface area is 111 Å². The van der Waals surface area contributed by atoms with Gasteiger partial charge in [-0.05, 0) is 58.7 Å². The number of aryl methyl sites for hydroxylation is 2. The summed E-state index contributed by atoms with van der Waals surface area (Å²) in [5, 5.41) is 7.85. The fourth-order valence-corrected chi connectivity index (χ4v) is 2.29. The lowest BCUT2D eigenvalue weighted by atomic mass is 10.1. The Morgan fingerprint density at radius 1 is 1.28 bits per heavy atom. The van der Waals surface area contributed by atoms with Gasteiger partial charge in [0.2, 0.25) is 0 Å². The molecule has 102 valence electrons. The number of rotatable bonds is 9. The Bertz CT molecular complexity index is 366. The van der Waals surface area contributed by atoms with Crippen LogP contribution in [0.3, 0.4) is 0 Å². The first-order valence-electron chi connectivity index (χ1n) is 6.99. The van der Waals surface area contributed by atoms with Crippen molar-refractivity contribution in [1.82, 2.24) is 15.1 Å². The molecule has 0 aliphatic rings. The molecular weight excluding hydrogens is 222 g/mol. The Hall–Kier alpha value is -1.09. The third-order valence-electron chi connectivity index (χ3n) is 3.43. The van der Waals surface area contributed by atoms with E-state index >= 15 is 0 Å². The van der Waals surface area contributed by atoms with Crippen LogP contribution in [0.15, 0.2) is 12.7 Å². The van der Waals surface area contributed by atoms with E-state index in [2.05, 4.69) is 35.5 Å². The van der Waals surface area contributed by atoms with Crippen molar-refractivity contribution in [3.63, 3.8) is 0 Å². The smallest absolute Gasteiger partial charge is 0.0628 e. The summed E-state index contributed by atoms with van der Waals surface area (Å²) in [6, 6.07) is 0. The van der Waals surface area contributed by atoms with Gasteiger partial charge in [0, 0.05) is 12.2 Å². The van der Waals surface area contributed by atoms with Gasteiger partial charge in [-0.25, -0.2) is 0 Å². The van der Waals surface area contributed by atoms with Crippen molar-refractivity contribution in [3.05, 3.63) is 29.6 Å². The fourth-order valence-electron chi connectivity index (χ4n) is 2.29. The first-order chi connectivity index (χ1) is 8.70. The molecule has 0 unspecified atom stereocenters. The molecule has 0 atom stereocenters. The van der Waals surface area contributed by atoms with E-state index in [1.807, 2.05) is 13.1 Å². The van der Waals surface area contributed by atoms with E-state index in [1.54, 1.807) is 0 Å². The normalized spacial score (nSPS) is 10.8. The van der Waals surface area contributed by atoms with Gasteiger partial charge in [-0.1, -0.05) is 12.5 Å². The molecule has 0 saturated carbocycles. The first-order valence-corrected chi connectivity index (χ1v) is 6.99. The van der Waals surface area contributed by atoms with Crippen LogP contribution in [-0.4, -0.2) is 23.4 Å². The second-order valence-corrected chi connectivity index (χ2v) is 4.86. The monoisotopic (exact) mass is 249 g/mol. The van der Waals surface area contributed by atoms with Crippen LogP contribution in [0.4, 0.5) is 0 Å². The predicted octanol–water partition coefficient (Wildman–Crippen LogP) is 3.01. The van der Waals surface area contributed by atoms with Gasteiger partial charge in [0.25, 0.3) is 0 Å². The Balaban J connectivity index is 2.48. The Morgan fingerprint density at radius 3 is 2.72 bits per heavy atom. The van der Waals surface area contributed by atoms with Gasteiger partial charge < -0.3 is 5.32 Å². The van der Waals surface area contributed by atoms with Crippen LogP contribution in [0.25, 0.3) is 0 Å². The largest absolute Gasteiger partial charge is 0.319 e. The number of likely N-dealkylation sites (N-methyl/N-ethyl adjacent to an activating group) is 1. The molecule has 0 aliphatic heterocycles. The molecule has 1 N–H and O–H groups in total. The summed E-state index contributed by atoms with van der Waals surface area (Å²) >= 11 is 0. The molecule has 3 nitrogen and oxygen atoms in total. The second-order valence-electron chi connectivity index (χ2n) is 4.86. The molecule has 0 amide bonds. The minimum atomic E-state index is 1.02. The van der Waals surface area contributed by atoms with Gasteiger partial charge in [-0.3, -0.25) is 4.68 Å². The number of hydrogen-bond acceptors (Lipinski definition) is 2.